The summed E-state index contributed by atoms with van der Waals surface area (Å²) < 4.78 is 0. The molecule has 0 aromatic heterocycles. The normalized spacial score (nSPS) is 12.4. The molecule has 134 valence electrons. The lowest BCUT2D eigenvalue weighted by Gasteiger charge is -2.30. The number of carbonyl (C=O) groups excluding carboxylic acids is 1. The maximum atomic E-state index is 12.3. The minimum atomic E-state index is 0.120. The van der Waals surface area contributed by atoms with E-state index < -0.39 is 0 Å². The van der Waals surface area contributed by atoms with Gasteiger partial charge in [0.1, 0.15) is 0 Å². The average Bonchev–Trinajstić information content (AvgIpc) is 2.62. The Morgan fingerprint density at radius 1 is 1.04 bits per heavy atom. The van der Waals surface area contributed by atoms with Gasteiger partial charge in [0.2, 0.25) is 0 Å². The molecule has 0 spiro atoms. The van der Waals surface area contributed by atoms with Crippen molar-refractivity contribution in [2.75, 3.05) is 26.2 Å². The van der Waals surface area contributed by atoms with E-state index in [0.717, 1.165) is 35.8 Å². The number of hydrogen-bond acceptors (Lipinski definition) is 3. The molecule has 1 unspecified atom stereocenters. The molecule has 0 aliphatic heterocycles. The molecule has 0 saturated carbocycles. The van der Waals surface area contributed by atoms with Gasteiger partial charge in [0.15, 0.2) is 5.78 Å². The number of benzene rings is 2. The number of nitrogens with zero attached hydrogens (tertiary/aromatic N) is 1. The molecule has 25 heavy (non-hydrogen) atoms. The van der Waals surface area contributed by atoms with E-state index in [4.69, 9.17) is 11.6 Å². The highest BCUT2D eigenvalue weighted by molar-refractivity contribution is 6.30. The van der Waals surface area contributed by atoms with Gasteiger partial charge in [0, 0.05) is 23.2 Å². The van der Waals surface area contributed by atoms with Gasteiger partial charge in [-0.05, 0) is 37.7 Å². The largest absolute Gasteiger partial charge is 0.308 e. The lowest BCUT2D eigenvalue weighted by molar-refractivity contribution is 0.0987. The number of aryl methyl sites for hydroxylation is 1. The number of carbonyl (C=O) groups is 1. The van der Waals surface area contributed by atoms with Crippen molar-refractivity contribution in [2.24, 2.45) is 0 Å². The van der Waals surface area contributed by atoms with Crippen LogP contribution in [0.5, 0.6) is 0 Å². The zero-order chi connectivity index (χ0) is 18.2. The van der Waals surface area contributed by atoms with Crippen molar-refractivity contribution in [1.29, 1.82) is 0 Å². The van der Waals surface area contributed by atoms with E-state index in [1.54, 1.807) is 0 Å². The van der Waals surface area contributed by atoms with Crippen LogP contribution in [0.2, 0.25) is 5.02 Å². The van der Waals surface area contributed by atoms with Crippen LogP contribution in [0.1, 0.15) is 41.4 Å². The Labute approximate surface area is 156 Å². The van der Waals surface area contributed by atoms with Crippen molar-refractivity contribution in [3.05, 3.63) is 70.2 Å². The fourth-order valence-electron chi connectivity index (χ4n) is 2.97. The number of nitrogens with one attached hydrogen (secondary N) is 1. The summed E-state index contributed by atoms with van der Waals surface area (Å²) >= 11 is 6.01. The predicted octanol–water partition coefficient (Wildman–Crippen LogP) is 4.50. The minimum Gasteiger partial charge on any atom is -0.308 e. The Morgan fingerprint density at radius 3 is 2.20 bits per heavy atom. The van der Waals surface area contributed by atoms with E-state index in [0.29, 0.717) is 6.54 Å². The second kappa shape index (κ2) is 9.71. The molecular formula is C21H27ClN2O. The van der Waals surface area contributed by atoms with E-state index in [2.05, 4.69) is 36.2 Å². The number of Topliss-reactive ketones (excluding diaryl/α,β-unsaturated/α-hetero) is 1. The molecule has 0 heterocycles. The lowest BCUT2D eigenvalue weighted by Crippen LogP contribution is -2.37. The van der Waals surface area contributed by atoms with Crippen molar-refractivity contribution in [1.82, 2.24) is 10.2 Å². The Balaban J connectivity index is 2.00. The molecular weight excluding hydrogens is 332 g/mol. The summed E-state index contributed by atoms with van der Waals surface area (Å²) in [7, 11) is 0. The smallest absolute Gasteiger partial charge is 0.176 e. The predicted molar refractivity (Wildman–Crippen MR) is 105 cm³/mol. The summed E-state index contributed by atoms with van der Waals surface area (Å²) in [5.74, 6) is 0.120. The van der Waals surface area contributed by atoms with Crippen LogP contribution in [0.4, 0.5) is 0 Å². The van der Waals surface area contributed by atoms with Crippen molar-refractivity contribution < 1.29 is 4.79 Å². The third-order valence-electron chi connectivity index (χ3n) is 4.50. The van der Waals surface area contributed by atoms with Gasteiger partial charge < -0.3 is 5.32 Å². The van der Waals surface area contributed by atoms with Gasteiger partial charge in [-0.25, -0.2) is 0 Å². The van der Waals surface area contributed by atoms with Gasteiger partial charge in [0.05, 0.1) is 6.54 Å². The van der Waals surface area contributed by atoms with E-state index in [9.17, 15) is 4.79 Å². The summed E-state index contributed by atoms with van der Waals surface area (Å²) in [6, 6.07) is 15.9. The van der Waals surface area contributed by atoms with Crippen molar-refractivity contribution in [3.63, 3.8) is 0 Å². The highest BCUT2D eigenvalue weighted by Gasteiger charge is 2.18. The van der Waals surface area contributed by atoms with Gasteiger partial charge in [0.25, 0.3) is 0 Å². The van der Waals surface area contributed by atoms with Gasteiger partial charge >= 0.3 is 0 Å². The molecule has 0 aliphatic carbocycles. The SMILES string of the molecule is CCN(CC)C(CNCC(=O)c1ccc(C)cc1)c1ccc(Cl)cc1. The third kappa shape index (κ3) is 5.67. The van der Waals surface area contributed by atoms with E-state index in [-0.39, 0.29) is 11.8 Å². The third-order valence-corrected chi connectivity index (χ3v) is 4.76. The molecule has 0 amide bonds. The average molecular weight is 359 g/mol. The van der Waals surface area contributed by atoms with Crippen LogP contribution < -0.4 is 5.32 Å². The van der Waals surface area contributed by atoms with Crippen molar-refractivity contribution >= 4 is 17.4 Å². The van der Waals surface area contributed by atoms with Crippen LogP contribution in [-0.4, -0.2) is 36.9 Å². The quantitative estimate of drug-likeness (QED) is 0.669. The zero-order valence-electron chi connectivity index (χ0n) is 15.3. The van der Waals surface area contributed by atoms with E-state index >= 15 is 0 Å². The molecule has 2 rings (SSSR count). The molecule has 0 radical (unpaired) electrons. The fourth-order valence-corrected chi connectivity index (χ4v) is 3.10. The molecule has 1 N–H and O–H groups in total. The van der Waals surface area contributed by atoms with Crippen molar-refractivity contribution in [3.8, 4) is 0 Å². The topological polar surface area (TPSA) is 32.3 Å². The van der Waals surface area contributed by atoms with E-state index in [1.807, 2.05) is 43.3 Å². The molecule has 3 nitrogen and oxygen atoms in total. The summed E-state index contributed by atoms with van der Waals surface area (Å²) in [6.07, 6.45) is 0. The van der Waals surface area contributed by atoms with E-state index in [1.165, 1.54) is 5.56 Å². The van der Waals surface area contributed by atoms with Crippen LogP contribution in [0, 0.1) is 6.92 Å². The highest BCUT2D eigenvalue weighted by atomic mass is 35.5. The zero-order valence-corrected chi connectivity index (χ0v) is 16.0. The van der Waals surface area contributed by atoms with Crippen molar-refractivity contribution in [2.45, 2.75) is 26.8 Å². The highest BCUT2D eigenvalue weighted by Crippen LogP contribution is 2.21. The molecule has 2 aromatic rings. The van der Waals surface area contributed by atoms with Gasteiger partial charge in [-0.3, -0.25) is 9.69 Å². The van der Waals surface area contributed by atoms with Crippen LogP contribution in [0.3, 0.4) is 0 Å². The Morgan fingerprint density at radius 2 is 1.64 bits per heavy atom. The minimum absolute atomic E-state index is 0.120. The summed E-state index contributed by atoms with van der Waals surface area (Å²) in [5, 5.41) is 4.08. The first-order chi connectivity index (χ1) is 12.0. The van der Waals surface area contributed by atoms with Crippen LogP contribution >= 0.6 is 11.6 Å². The van der Waals surface area contributed by atoms with Crippen LogP contribution in [-0.2, 0) is 0 Å². The Hall–Kier alpha value is -1.68. The second-order valence-corrected chi connectivity index (χ2v) is 6.65. The van der Waals surface area contributed by atoms with Gasteiger partial charge in [-0.15, -0.1) is 0 Å². The molecule has 0 saturated heterocycles. The number of halogens is 1. The number of hydrogen-bond donors (Lipinski definition) is 1. The Bertz CT molecular complexity index is 663. The first kappa shape index (κ1) is 19.6. The number of likely N-dealkylation sites (N-methyl/N-ethyl adjacent to an activating group) is 1. The number of ketones is 1. The molecule has 4 heteroatoms. The molecule has 0 bridgehead atoms. The lowest BCUT2D eigenvalue weighted by atomic mass is 10.0. The first-order valence-corrected chi connectivity index (χ1v) is 9.23. The second-order valence-electron chi connectivity index (χ2n) is 6.21. The van der Waals surface area contributed by atoms with Gasteiger partial charge in [-0.2, -0.15) is 0 Å². The molecule has 1 atom stereocenters. The molecule has 0 fully saturated rings. The summed E-state index contributed by atoms with van der Waals surface area (Å²) in [5.41, 5.74) is 3.13. The summed E-state index contributed by atoms with van der Waals surface area (Å²) in [4.78, 5) is 14.7. The van der Waals surface area contributed by atoms with Crippen LogP contribution in [0.25, 0.3) is 0 Å². The Kier molecular flexibility index (Phi) is 7.63. The molecule has 2 aromatic carbocycles. The maximum absolute atomic E-state index is 12.3. The summed E-state index contributed by atoms with van der Waals surface area (Å²) in [6.45, 7) is 9.31. The van der Waals surface area contributed by atoms with Crippen LogP contribution in [0.15, 0.2) is 48.5 Å². The monoisotopic (exact) mass is 358 g/mol. The first-order valence-electron chi connectivity index (χ1n) is 8.85. The standard InChI is InChI=1S/C21H27ClN2O/c1-4-24(5-2)20(17-10-12-19(22)13-11-17)14-23-15-21(25)18-8-6-16(3)7-9-18/h6-13,20,23H,4-5,14-15H2,1-3H3. The molecule has 0 aliphatic rings. The number of rotatable bonds is 9. The fraction of sp³-hybridized carbons (Fsp3) is 0.381. The maximum Gasteiger partial charge on any atom is 0.176 e. The van der Waals surface area contributed by atoms with Gasteiger partial charge in [-0.1, -0.05) is 67.4 Å².